The fourth-order valence-corrected chi connectivity index (χ4v) is 2.53. The molecule has 0 aliphatic carbocycles. The molecule has 0 amide bonds. The van der Waals surface area contributed by atoms with E-state index in [0.29, 0.717) is 12.0 Å². The van der Waals surface area contributed by atoms with Gasteiger partial charge in [0.15, 0.2) is 0 Å². The Morgan fingerprint density at radius 1 is 1.31 bits per heavy atom. The van der Waals surface area contributed by atoms with Crippen LogP contribution in [0.4, 0.5) is 0 Å². The van der Waals surface area contributed by atoms with E-state index >= 15 is 0 Å². The Balaban J connectivity index is 2.40. The Bertz CT molecular complexity index is 173. The topological polar surface area (TPSA) is 24.5 Å². The van der Waals surface area contributed by atoms with Crippen molar-refractivity contribution >= 4 is 0 Å². The predicted octanol–water partition coefficient (Wildman–Crippen LogP) is 1.73. The molecule has 1 N–H and O–H groups in total. The first-order valence-corrected chi connectivity index (χ1v) is 6.85. The van der Waals surface area contributed by atoms with Crippen molar-refractivity contribution in [2.24, 2.45) is 5.92 Å². The quantitative estimate of drug-likeness (QED) is 0.718. The Kier molecular flexibility index (Phi) is 7.01. The monoisotopic (exact) mass is 228 g/mol. The van der Waals surface area contributed by atoms with E-state index in [2.05, 4.69) is 31.0 Å². The summed E-state index contributed by atoms with van der Waals surface area (Å²) >= 11 is 0. The van der Waals surface area contributed by atoms with Crippen LogP contribution < -0.4 is 5.32 Å². The minimum absolute atomic E-state index is 0.657. The average molecular weight is 228 g/mol. The number of rotatable bonds is 7. The van der Waals surface area contributed by atoms with E-state index in [1.54, 1.807) is 0 Å². The highest BCUT2D eigenvalue weighted by Gasteiger charge is 2.26. The Labute approximate surface area is 101 Å². The first-order chi connectivity index (χ1) is 7.81. The molecule has 2 atom stereocenters. The average Bonchev–Trinajstić information content (AvgIpc) is 2.31. The molecule has 0 spiro atoms. The third-order valence-electron chi connectivity index (χ3n) is 3.42. The highest BCUT2D eigenvalue weighted by Crippen LogP contribution is 2.16. The Morgan fingerprint density at radius 3 is 2.75 bits per heavy atom. The van der Waals surface area contributed by atoms with Gasteiger partial charge in [0.25, 0.3) is 0 Å². The van der Waals surface area contributed by atoms with Crippen LogP contribution >= 0.6 is 0 Å². The minimum atomic E-state index is 0.657. The summed E-state index contributed by atoms with van der Waals surface area (Å²) in [6.45, 7) is 13.2. The molecule has 0 aromatic heterocycles. The van der Waals surface area contributed by atoms with Crippen LogP contribution in [0, 0.1) is 5.92 Å². The molecule has 3 heteroatoms. The van der Waals surface area contributed by atoms with Crippen molar-refractivity contribution in [3.8, 4) is 0 Å². The summed E-state index contributed by atoms with van der Waals surface area (Å²) in [5.74, 6) is 0.667. The van der Waals surface area contributed by atoms with Crippen LogP contribution in [-0.4, -0.2) is 50.3 Å². The van der Waals surface area contributed by atoms with Crippen molar-refractivity contribution in [3.63, 3.8) is 0 Å². The fourth-order valence-electron chi connectivity index (χ4n) is 2.53. The number of hydrogen-bond acceptors (Lipinski definition) is 3. The molecule has 2 unspecified atom stereocenters. The smallest absolute Gasteiger partial charge is 0.0521 e. The van der Waals surface area contributed by atoms with Gasteiger partial charge in [0.05, 0.1) is 6.61 Å². The highest BCUT2D eigenvalue weighted by molar-refractivity contribution is 4.81. The van der Waals surface area contributed by atoms with Gasteiger partial charge in [0.1, 0.15) is 0 Å². The van der Waals surface area contributed by atoms with Gasteiger partial charge in [-0.1, -0.05) is 20.8 Å². The Hall–Kier alpha value is -0.120. The molecule has 1 aliphatic heterocycles. The number of nitrogens with zero attached hydrogens (tertiary/aromatic N) is 1. The van der Waals surface area contributed by atoms with Gasteiger partial charge in [-0.15, -0.1) is 0 Å². The lowest BCUT2D eigenvalue weighted by molar-refractivity contribution is 0.0176. The molecular formula is C13H28N2O. The number of hydrogen-bond donors (Lipinski definition) is 1. The van der Waals surface area contributed by atoms with Crippen LogP contribution in [0.2, 0.25) is 0 Å². The van der Waals surface area contributed by atoms with E-state index in [9.17, 15) is 0 Å². The van der Waals surface area contributed by atoms with Crippen molar-refractivity contribution in [2.45, 2.75) is 39.7 Å². The molecular weight excluding hydrogens is 200 g/mol. The predicted molar refractivity (Wildman–Crippen MR) is 68.8 cm³/mol. The zero-order chi connectivity index (χ0) is 11.8. The standard InChI is InChI=1S/C13H28N2O/c1-4-8-15(6-3)10-12-11-16-9-7-13(12)14-5-2/h12-14H,4-11H2,1-3H3. The molecule has 1 saturated heterocycles. The summed E-state index contributed by atoms with van der Waals surface area (Å²) in [6, 6.07) is 0.657. The van der Waals surface area contributed by atoms with Crippen molar-refractivity contribution in [1.29, 1.82) is 0 Å². The van der Waals surface area contributed by atoms with Gasteiger partial charge >= 0.3 is 0 Å². The second kappa shape index (κ2) is 8.04. The summed E-state index contributed by atoms with van der Waals surface area (Å²) in [7, 11) is 0. The van der Waals surface area contributed by atoms with Gasteiger partial charge in [-0.3, -0.25) is 0 Å². The van der Waals surface area contributed by atoms with E-state index in [1.165, 1.54) is 25.9 Å². The maximum atomic E-state index is 5.62. The molecule has 96 valence electrons. The van der Waals surface area contributed by atoms with E-state index in [-0.39, 0.29) is 0 Å². The van der Waals surface area contributed by atoms with E-state index in [4.69, 9.17) is 4.74 Å². The van der Waals surface area contributed by atoms with Gasteiger partial charge in [0.2, 0.25) is 0 Å². The summed E-state index contributed by atoms with van der Waals surface area (Å²) in [5.41, 5.74) is 0. The zero-order valence-electron chi connectivity index (χ0n) is 11.2. The SMILES string of the molecule is CCCN(CC)CC1COCCC1NCC. The van der Waals surface area contributed by atoms with Crippen molar-refractivity contribution in [1.82, 2.24) is 10.2 Å². The van der Waals surface area contributed by atoms with Crippen LogP contribution in [0.1, 0.15) is 33.6 Å². The lowest BCUT2D eigenvalue weighted by atomic mass is 9.95. The van der Waals surface area contributed by atoms with Crippen molar-refractivity contribution in [2.75, 3.05) is 39.4 Å². The van der Waals surface area contributed by atoms with Crippen LogP contribution in [0.15, 0.2) is 0 Å². The van der Waals surface area contributed by atoms with Crippen molar-refractivity contribution in [3.05, 3.63) is 0 Å². The molecule has 16 heavy (non-hydrogen) atoms. The van der Waals surface area contributed by atoms with Gasteiger partial charge < -0.3 is 15.0 Å². The maximum absolute atomic E-state index is 5.62. The van der Waals surface area contributed by atoms with E-state index < -0.39 is 0 Å². The second-order valence-corrected chi connectivity index (χ2v) is 4.68. The first kappa shape index (κ1) is 13.9. The van der Waals surface area contributed by atoms with Gasteiger partial charge in [0, 0.05) is 25.1 Å². The largest absolute Gasteiger partial charge is 0.381 e. The van der Waals surface area contributed by atoms with Crippen LogP contribution in [0.5, 0.6) is 0 Å². The molecule has 1 aliphatic rings. The number of ether oxygens (including phenoxy) is 1. The minimum Gasteiger partial charge on any atom is -0.381 e. The summed E-state index contributed by atoms with van der Waals surface area (Å²) in [6.07, 6.45) is 2.41. The second-order valence-electron chi connectivity index (χ2n) is 4.68. The molecule has 1 rings (SSSR count). The molecule has 0 aromatic rings. The summed E-state index contributed by atoms with van der Waals surface area (Å²) in [4.78, 5) is 2.55. The first-order valence-electron chi connectivity index (χ1n) is 6.85. The molecule has 0 saturated carbocycles. The third kappa shape index (κ3) is 4.40. The fraction of sp³-hybridized carbons (Fsp3) is 1.00. The summed E-state index contributed by atoms with van der Waals surface area (Å²) < 4.78 is 5.62. The van der Waals surface area contributed by atoms with Crippen molar-refractivity contribution < 1.29 is 4.74 Å². The third-order valence-corrected chi connectivity index (χ3v) is 3.42. The molecule has 1 fully saturated rings. The molecule has 0 radical (unpaired) electrons. The molecule has 0 aromatic carbocycles. The lowest BCUT2D eigenvalue weighted by Gasteiger charge is -2.35. The van der Waals surface area contributed by atoms with Gasteiger partial charge in [-0.25, -0.2) is 0 Å². The summed E-state index contributed by atoms with van der Waals surface area (Å²) in [5, 5.41) is 3.60. The van der Waals surface area contributed by atoms with E-state index in [1.807, 2.05) is 0 Å². The normalized spacial score (nSPS) is 26.2. The molecule has 1 heterocycles. The van der Waals surface area contributed by atoms with Gasteiger partial charge in [-0.2, -0.15) is 0 Å². The van der Waals surface area contributed by atoms with Crippen LogP contribution in [0.25, 0.3) is 0 Å². The molecule has 0 bridgehead atoms. The molecule has 3 nitrogen and oxygen atoms in total. The van der Waals surface area contributed by atoms with E-state index in [0.717, 1.165) is 26.3 Å². The van der Waals surface area contributed by atoms with Crippen LogP contribution in [-0.2, 0) is 4.74 Å². The maximum Gasteiger partial charge on any atom is 0.0521 e. The van der Waals surface area contributed by atoms with Crippen LogP contribution in [0.3, 0.4) is 0 Å². The zero-order valence-corrected chi connectivity index (χ0v) is 11.2. The lowest BCUT2D eigenvalue weighted by Crippen LogP contribution is -2.47. The van der Waals surface area contributed by atoms with Gasteiger partial charge in [-0.05, 0) is 32.5 Å². The Morgan fingerprint density at radius 2 is 2.12 bits per heavy atom. The highest BCUT2D eigenvalue weighted by atomic mass is 16.5. The number of nitrogens with one attached hydrogen (secondary N) is 1.